The Kier molecular flexibility index (Phi) is 5.58. The van der Waals surface area contributed by atoms with Crippen molar-refractivity contribution in [1.82, 2.24) is 0 Å². The topological polar surface area (TPSA) is 116 Å². The second-order valence-electron chi connectivity index (χ2n) is 4.01. The first-order chi connectivity index (χ1) is 9.90. The molecule has 1 rings (SSSR count). The van der Waals surface area contributed by atoms with E-state index >= 15 is 0 Å². The van der Waals surface area contributed by atoms with Crippen molar-refractivity contribution in [3.8, 4) is 0 Å². The molecular weight excluding hydrogens is 282 g/mol. The van der Waals surface area contributed by atoms with E-state index in [9.17, 15) is 25.0 Å². The molecule has 1 aromatic rings. The van der Waals surface area contributed by atoms with Crippen molar-refractivity contribution in [1.29, 1.82) is 0 Å². The van der Waals surface area contributed by atoms with E-state index in [0.717, 1.165) is 12.1 Å². The number of ether oxygens (including phenoxy) is 1. The standard InChI is InChI=1S/C12H15N3O6/c1-3-13(8-12(16)21-4-2)10-6-5-9(14(17)18)7-11(10)15(19)20/h5-7H,3-4,8H2,1-2H3. The maximum atomic E-state index is 11.5. The number of rotatable bonds is 7. The summed E-state index contributed by atoms with van der Waals surface area (Å²) in [5.41, 5.74) is -0.658. The molecule has 0 unspecified atom stereocenters. The molecule has 1 aromatic carbocycles. The van der Waals surface area contributed by atoms with Gasteiger partial charge in [0.1, 0.15) is 12.2 Å². The van der Waals surface area contributed by atoms with Crippen molar-refractivity contribution < 1.29 is 19.4 Å². The Morgan fingerprint density at radius 1 is 1.24 bits per heavy atom. The van der Waals surface area contributed by atoms with E-state index in [-0.39, 0.29) is 24.5 Å². The van der Waals surface area contributed by atoms with Crippen molar-refractivity contribution >= 4 is 23.0 Å². The number of nitrogens with zero attached hydrogens (tertiary/aromatic N) is 3. The average molecular weight is 297 g/mol. The lowest BCUT2D eigenvalue weighted by molar-refractivity contribution is -0.393. The molecule has 0 saturated heterocycles. The second kappa shape index (κ2) is 7.17. The molecule has 0 N–H and O–H groups in total. The van der Waals surface area contributed by atoms with E-state index in [1.54, 1.807) is 13.8 Å². The van der Waals surface area contributed by atoms with Gasteiger partial charge in [0.2, 0.25) is 0 Å². The van der Waals surface area contributed by atoms with Crippen LogP contribution in [-0.4, -0.2) is 35.5 Å². The van der Waals surface area contributed by atoms with Gasteiger partial charge in [-0.05, 0) is 19.9 Å². The summed E-state index contributed by atoms with van der Waals surface area (Å²) < 4.78 is 4.80. The molecule has 0 aliphatic rings. The molecule has 21 heavy (non-hydrogen) atoms. The number of likely N-dealkylation sites (N-methyl/N-ethyl adjacent to an activating group) is 1. The smallest absolute Gasteiger partial charge is 0.325 e. The van der Waals surface area contributed by atoms with Gasteiger partial charge in [-0.3, -0.25) is 25.0 Å². The van der Waals surface area contributed by atoms with E-state index in [0.29, 0.717) is 6.54 Å². The third-order valence-electron chi connectivity index (χ3n) is 2.71. The predicted octanol–water partition coefficient (Wildman–Crippen LogP) is 1.89. The van der Waals surface area contributed by atoms with Crippen molar-refractivity contribution in [2.24, 2.45) is 0 Å². The summed E-state index contributed by atoms with van der Waals surface area (Å²) in [6.07, 6.45) is 0. The number of carbonyl (C=O) groups excluding carboxylic acids is 1. The first-order valence-electron chi connectivity index (χ1n) is 6.24. The Morgan fingerprint density at radius 2 is 1.90 bits per heavy atom. The highest BCUT2D eigenvalue weighted by molar-refractivity contribution is 5.78. The van der Waals surface area contributed by atoms with Gasteiger partial charge >= 0.3 is 5.97 Å². The van der Waals surface area contributed by atoms with Crippen LogP contribution in [0.4, 0.5) is 17.1 Å². The second-order valence-corrected chi connectivity index (χ2v) is 4.01. The molecule has 0 bridgehead atoms. The molecular formula is C12H15N3O6. The van der Waals surface area contributed by atoms with Crippen LogP contribution in [-0.2, 0) is 9.53 Å². The van der Waals surface area contributed by atoms with Gasteiger partial charge in [0.05, 0.1) is 22.5 Å². The summed E-state index contributed by atoms with van der Waals surface area (Å²) in [6.45, 7) is 3.73. The molecule has 0 saturated carbocycles. The van der Waals surface area contributed by atoms with Gasteiger partial charge < -0.3 is 9.64 Å². The minimum atomic E-state index is -0.712. The molecule has 0 aromatic heterocycles. The third kappa shape index (κ3) is 4.13. The number of anilines is 1. The van der Waals surface area contributed by atoms with E-state index in [1.807, 2.05) is 0 Å². The number of non-ortho nitro benzene ring substituents is 1. The fourth-order valence-corrected chi connectivity index (χ4v) is 1.77. The van der Waals surface area contributed by atoms with Gasteiger partial charge in [-0.1, -0.05) is 0 Å². The summed E-state index contributed by atoms with van der Waals surface area (Å²) in [7, 11) is 0. The number of carbonyl (C=O) groups is 1. The molecule has 0 amide bonds. The van der Waals surface area contributed by atoms with E-state index in [2.05, 4.69) is 0 Å². The zero-order valence-corrected chi connectivity index (χ0v) is 11.6. The Balaban J connectivity index is 3.16. The van der Waals surface area contributed by atoms with Crippen LogP contribution in [0.2, 0.25) is 0 Å². The maximum absolute atomic E-state index is 11.5. The zero-order valence-electron chi connectivity index (χ0n) is 11.6. The molecule has 9 heteroatoms. The monoisotopic (exact) mass is 297 g/mol. The van der Waals surface area contributed by atoms with E-state index in [1.165, 1.54) is 11.0 Å². The van der Waals surface area contributed by atoms with Crippen LogP contribution >= 0.6 is 0 Å². The summed E-state index contributed by atoms with van der Waals surface area (Å²) in [5.74, 6) is -0.521. The molecule has 114 valence electrons. The first kappa shape index (κ1) is 16.3. The fraction of sp³-hybridized carbons (Fsp3) is 0.417. The molecule has 0 heterocycles. The first-order valence-corrected chi connectivity index (χ1v) is 6.24. The highest BCUT2D eigenvalue weighted by Gasteiger charge is 2.24. The Hall–Kier alpha value is -2.71. The van der Waals surface area contributed by atoms with Crippen LogP contribution in [0.3, 0.4) is 0 Å². The van der Waals surface area contributed by atoms with Crippen molar-refractivity contribution in [3.63, 3.8) is 0 Å². The van der Waals surface area contributed by atoms with Gasteiger partial charge in [0.25, 0.3) is 11.4 Å². The summed E-state index contributed by atoms with van der Waals surface area (Å²) in [6, 6.07) is 3.30. The molecule has 0 aliphatic carbocycles. The Labute approximate surface area is 120 Å². The highest BCUT2D eigenvalue weighted by atomic mass is 16.6. The van der Waals surface area contributed by atoms with Gasteiger partial charge in [-0.25, -0.2) is 0 Å². The van der Waals surface area contributed by atoms with Gasteiger partial charge in [-0.2, -0.15) is 0 Å². The lowest BCUT2D eigenvalue weighted by Gasteiger charge is -2.21. The molecule has 0 fully saturated rings. The number of nitro benzene ring substituents is 2. The van der Waals surface area contributed by atoms with E-state index in [4.69, 9.17) is 4.74 Å². The number of hydrogen-bond donors (Lipinski definition) is 0. The lowest BCUT2D eigenvalue weighted by Crippen LogP contribution is -2.31. The van der Waals surface area contributed by atoms with Crippen LogP contribution in [0.15, 0.2) is 18.2 Å². The Morgan fingerprint density at radius 3 is 2.38 bits per heavy atom. The fourth-order valence-electron chi connectivity index (χ4n) is 1.77. The molecule has 0 spiro atoms. The SMILES string of the molecule is CCOC(=O)CN(CC)c1ccc([N+](=O)[O-])cc1[N+](=O)[O-]. The van der Waals surface area contributed by atoms with Crippen LogP contribution in [0.25, 0.3) is 0 Å². The number of esters is 1. The number of nitro groups is 2. The highest BCUT2D eigenvalue weighted by Crippen LogP contribution is 2.31. The minimum Gasteiger partial charge on any atom is -0.465 e. The summed E-state index contributed by atoms with van der Waals surface area (Å²) in [5, 5.41) is 21.8. The molecule has 9 nitrogen and oxygen atoms in total. The third-order valence-corrected chi connectivity index (χ3v) is 2.71. The quantitative estimate of drug-likeness (QED) is 0.428. The molecule has 0 aliphatic heterocycles. The van der Waals surface area contributed by atoms with Crippen LogP contribution < -0.4 is 4.90 Å². The minimum absolute atomic E-state index is 0.140. The van der Waals surface area contributed by atoms with Crippen molar-refractivity contribution in [2.45, 2.75) is 13.8 Å². The number of benzene rings is 1. The van der Waals surface area contributed by atoms with Crippen molar-refractivity contribution in [2.75, 3.05) is 24.6 Å². The van der Waals surface area contributed by atoms with Crippen molar-refractivity contribution in [3.05, 3.63) is 38.4 Å². The molecule has 0 radical (unpaired) electrons. The summed E-state index contributed by atoms with van der Waals surface area (Å²) in [4.78, 5) is 33.3. The Bertz CT molecular complexity index is 560. The average Bonchev–Trinajstić information content (AvgIpc) is 2.44. The normalized spacial score (nSPS) is 10.0. The maximum Gasteiger partial charge on any atom is 0.325 e. The van der Waals surface area contributed by atoms with Gasteiger partial charge in [0.15, 0.2) is 0 Å². The van der Waals surface area contributed by atoms with Gasteiger partial charge in [0, 0.05) is 12.6 Å². The van der Waals surface area contributed by atoms with Gasteiger partial charge in [-0.15, -0.1) is 0 Å². The van der Waals surface area contributed by atoms with Crippen LogP contribution in [0.1, 0.15) is 13.8 Å². The lowest BCUT2D eigenvalue weighted by atomic mass is 10.2. The largest absolute Gasteiger partial charge is 0.465 e. The zero-order chi connectivity index (χ0) is 16.0. The summed E-state index contributed by atoms with van der Waals surface area (Å²) >= 11 is 0. The predicted molar refractivity (Wildman–Crippen MR) is 74.3 cm³/mol. The molecule has 0 atom stereocenters. The number of hydrogen-bond acceptors (Lipinski definition) is 7. The van der Waals surface area contributed by atoms with Crippen LogP contribution in [0.5, 0.6) is 0 Å². The van der Waals surface area contributed by atoms with Crippen LogP contribution in [0, 0.1) is 20.2 Å². The van der Waals surface area contributed by atoms with E-state index < -0.39 is 21.5 Å².